The maximum Gasteiger partial charge on any atom is 0.0440 e. The van der Waals surface area contributed by atoms with Crippen LogP contribution in [0.15, 0.2) is 35.7 Å². The smallest absolute Gasteiger partial charge is 0.0440 e. The highest BCUT2D eigenvalue weighted by molar-refractivity contribution is 7.10. The number of benzene rings is 1. The van der Waals surface area contributed by atoms with Crippen LogP contribution < -0.4 is 10.2 Å². The topological polar surface area (TPSA) is 15.3 Å². The lowest BCUT2D eigenvalue weighted by molar-refractivity contribution is 0.535. The predicted octanol–water partition coefficient (Wildman–Crippen LogP) is 4.37. The fourth-order valence-electron chi connectivity index (χ4n) is 3.24. The molecule has 0 saturated carbocycles. The SMILES string of the molecule is CCNC(CC)c1ccccc1N1CCc2sccc2C1. The minimum absolute atomic E-state index is 0.454. The number of hydrogen-bond donors (Lipinski definition) is 1. The summed E-state index contributed by atoms with van der Waals surface area (Å²) in [5.74, 6) is 0. The van der Waals surface area contributed by atoms with Crippen LogP contribution in [0.3, 0.4) is 0 Å². The highest BCUT2D eigenvalue weighted by Gasteiger charge is 2.21. The van der Waals surface area contributed by atoms with Crippen molar-refractivity contribution in [3.8, 4) is 0 Å². The number of fused-ring (bicyclic) bond motifs is 1. The second-order valence-corrected chi connectivity index (χ2v) is 6.62. The Hall–Kier alpha value is -1.32. The van der Waals surface area contributed by atoms with E-state index in [1.165, 1.54) is 23.2 Å². The summed E-state index contributed by atoms with van der Waals surface area (Å²) in [5.41, 5.74) is 4.36. The van der Waals surface area contributed by atoms with Crippen molar-refractivity contribution in [1.29, 1.82) is 0 Å². The lowest BCUT2D eigenvalue weighted by Gasteiger charge is -2.32. The van der Waals surface area contributed by atoms with Crippen molar-refractivity contribution >= 4 is 17.0 Å². The molecule has 2 heterocycles. The summed E-state index contributed by atoms with van der Waals surface area (Å²) < 4.78 is 0. The third kappa shape index (κ3) is 2.99. The van der Waals surface area contributed by atoms with Gasteiger partial charge in [0.05, 0.1) is 0 Å². The first kappa shape index (κ1) is 14.6. The van der Waals surface area contributed by atoms with Crippen LogP contribution in [0.4, 0.5) is 5.69 Å². The van der Waals surface area contributed by atoms with Crippen LogP contribution in [-0.2, 0) is 13.0 Å². The summed E-state index contributed by atoms with van der Waals surface area (Å²) in [6.45, 7) is 7.65. The molecule has 1 atom stereocenters. The van der Waals surface area contributed by atoms with E-state index in [0.717, 1.165) is 26.1 Å². The van der Waals surface area contributed by atoms with Gasteiger partial charge in [-0.15, -0.1) is 11.3 Å². The molecule has 21 heavy (non-hydrogen) atoms. The number of anilines is 1. The molecule has 1 unspecified atom stereocenters. The number of nitrogens with zero attached hydrogens (tertiary/aromatic N) is 1. The molecule has 0 radical (unpaired) electrons. The molecular formula is C18H24N2S. The quantitative estimate of drug-likeness (QED) is 0.882. The van der Waals surface area contributed by atoms with Crippen LogP contribution in [0.2, 0.25) is 0 Å². The third-order valence-corrected chi connectivity index (χ3v) is 5.34. The van der Waals surface area contributed by atoms with Crippen LogP contribution >= 0.6 is 11.3 Å². The number of thiophene rings is 1. The molecule has 1 aliphatic heterocycles. The van der Waals surface area contributed by atoms with E-state index in [4.69, 9.17) is 0 Å². The summed E-state index contributed by atoms with van der Waals surface area (Å²) in [6.07, 6.45) is 2.31. The molecule has 0 amide bonds. The molecule has 0 bridgehead atoms. The minimum atomic E-state index is 0.454. The zero-order valence-corrected chi connectivity index (χ0v) is 13.7. The highest BCUT2D eigenvalue weighted by Crippen LogP contribution is 2.33. The molecule has 112 valence electrons. The van der Waals surface area contributed by atoms with Gasteiger partial charge in [0, 0.05) is 29.7 Å². The molecule has 1 aliphatic rings. The van der Waals surface area contributed by atoms with Gasteiger partial charge in [-0.05, 0) is 48.0 Å². The monoisotopic (exact) mass is 300 g/mol. The first-order valence-corrected chi connectivity index (χ1v) is 8.84. The molecule has 2 aromatic rings. The molecule has 1 N–H and O–H groups in total. The Morgan fingerprint density at radius 1 is 1.24 bits per heavy atom. The number of rotatable bonds is 5. The van der Waals surface area contributed by atoms with Crippen molar-refractivity contribution in [2.45, 2.75) is 39.3 Å². The lowest BCUT2D eigenvalue weighted by Crippen LogP contribution is -2.31. The van der Waals surface area contributed by atoms with Crippen molar-refractivity contribution in [2.75, 3.05) is 18.0 Å². The van der Waals surface area contributed by atoms with Gasteiger partial charge < -0.3 is 10.2 Å². The minimum Gasteiger partial charge on any atom is -0.367 e. The van der Waals surface area contributed by atoms with Gasteiger partial charge in [0.1, 0.15) is 0 Å². The second kappa shape index (κ2) is 6.63. The first-order valence-electron chi connectivity index (χ1n) is 7.96. The number of nitrogens with one attached hydrogen (secondary N) is 1. The summed E-state index contributed by atoms with van der Waals surface area (Å²) in [7, 11) is 0. The van der Waals surface area contributed by atoms with Crippen LogP contribution in [0, 0.1) is 0 Å². The van der Waals surface area contributed by atoms with E-state index in [1.807, 2.05) is 11.3 Å². The van der Waals surface area contributed by atoms with Crippen LogP contribution in [-0.4, -0.2) is 13.1 Å². The number of hydrogen-bond acceptors (Lipinski definition) is 3. The fourth-order valence-corrected chi connectivity index (χ4v) is 4.13. The van der Waals surface area contributed by atoms with Gasteiger partial charge in [-0.1, -0.05) is 32.0 Å². The van der Waals surface area contributed by atoms with Gasteiger partial charge >= 0.3 is 0 Å². The Balaban J connectivity index is 1.89. The van der Waals surface area contributed by atoms with E-state index in [0.29, 0.717) is 6.04 Å². The van der Waals surface area contributed by atoms with Gasteiger partial charge in [-0.3, -0.25) is 0 Å². The Morgan fingerprint density at radius 2 is 2.10 bits per heavy atom. The van der Waals surface area contributed by atoms with Crippen molar-refractivity contribution in [3.63, 3.8) is 0 Å². The Morgan fingerprint density at radius 3 is 2.90 bits per heavy atom. The van der Waals surface area contributed by atoms with Crippen molar-refractivity contribution < 1.29 is 0 Å². The largest absolute Gasteiger partial charge is 0.367 e. The van der Waals surface area contributed by atoms with Gasteiger partial charge in [0.25, 0.3) is 0 Å². The molecule has 3 heteroatoms. The van der Waals surface area contributed by atoms with Crippen molar-refractivity contribution in [2.24, 2.45) is 0 Å². The van der Waals surface area contributed by atoms with Gasteiger partial charge in [0.2, 0.25) is 0 Å². The van der Waals surface area contributed by atoms with E-state index in [2.05, 4.69) is 59.8 Å². The molecule has 1 aromatic heterocycles. The summed E-state index contributed by atoms with van der Waals surface area (Å²) >= 11 is 1.91. The molecule has 0 fully saturated rings. The Labute approximate surface area is 131 Å². The van der Waals surface area contributed by atoms with Crippen LogP contribution in [0.25, 0.3) is 0 Å². The summed E-state index contributed by atoms with van der Waals surface area (Å²) in [6, 6.07) is 11.6. The maximum atomic E-state index is 3.62. The average Bonchev–Trinajstić information content (AvgIpc) is 3.00. The standard InChI is InChI=1S/C18H24N2S/c1-3-16(19-4-2)15-7-5-6-8-17(15)20-11-9-18-14(13-20)10-12-21-18/h5-8,10,12,16,19H,3-4,9,11,13H2,1-2H3. The van der Waals surface area contributed by atoms with Crippen molar-refractivity contribution in [3.05, 3.63) is 51.7 Å². The molecule has 0 spiro atoms. The van der Waals surface area contributed by atoms with Crippen LogP contribution in [0.5, 0.6) is 0 Å². The molecule has 0 aliphatic carbocycles. The first-order chi connectivity index (χ1) is 10.3. The lowest BCUT2D eigenvalue weighted by atomic mass is 9.99. The van der Waals surface area contributed by atoms with E-state index in [1.54, 1.807) is 4.88 Å². The zero-order chi connectivity index (χ0) is 14.7. The average molecular weight is 300 g/mol. The number of para-hydroxylation sites is 1. The van der Waals surface area contributed by atoms with E-state index < -0.39 is 0 Å². The van der Waals surface area contributed by atoms with Crippen LogP contribution in [0.1, 0.15) is 42.3 Å². The van der Waals surface area contributed by atoms with Gasteiger partial charge in [-0.25, -0.2) is 0 Å². The zero-order valence-electron chi connectivity index (χ0n) is 12.9. The van der Waals surface area contributed by atoms with E-state index >= 15 is 0 Å². The van der Waals surface area contributed by atoms with Gasteiger partial charge in [0.15, 0.2) is 0 Å². The summed E-state index contributed by atoms with van der Waals surface area (Å²) in [5, 5.41) is 5.85. The van der Waals surface area contributed by atoms with E-state index in [-0.39, 0.29) is 0 Å². The molecule has 2 nitrogen and oxygen atoms in total. The molecular weight excluding hydrogens is 276 g/mol. The highest BCUT2D eigenvalue weighted by atomic mass is 32.1. The molecule has 1 aromatic carbocycles. The normalized spacial score (nSPS) is 15.8. The van der Waals surface area contributed by atoms with E-state index in [9.17, 15) is 0 Å². The fraction of sp³-hybridized carbons (Fsp3) is 0.444. The Kier molecular flexibility index (Phi) is 4.61. The second-order valence-electron chi connectivity index (χ2n) is 5.62. The summed E-state index contributed by atoms with van der Waals surface area (Å²) in [4.78, 5) is 4.12. The predicted molar refractivity (Wildman–Crippen MR) is 92.2 cm³/mol. The van der Waals surface area contributed by atoms with Crippen molar-refractivity contribution in [1.82, 2.24) is 5.32 Å². The Bertz CT molecular complexity index is 590. The molecule has 0 saturated heterocycles. The third-order valence-electron chi connectivity index (χ3n) is 4.32. The maximum absolute atomic E-state index is 3.62. The molecule has 3 rings (SSSR count). The van der Waals surface area contributed by atoms with Gasteiger partial charge in [-0.2, -0.15) is 0 Å².